The first kappa shape index (κ1) is 18.2. The fourth-order valence-corrected chi connectivity index (χ4v) is 2.68. The molecule has 1 atom stereocenters. The Hall–Kier alpha value is -3.62. The van der Waals surface area contributed by atoms with Crippen molar-refractivity contribution in [2.24, 2.45) is 0 Å². The van der Waals surface area contributed by atoms with Crippen molar-refractivity contribution in [2.75, 3.05) is 0 Å². The highest BCUT2D eigenvalue weighted by Crippen LogP contribution is 2.27. The van der Waals surface area contributed by atoms with Crippen molar-refractivity contribution in [3.05, 3.63) is 74.6 Å². The van der Waals surface area contributed by atoms with Crippen LogP contribution < -0.4 is 5.56 Å². The Labute approximate surface area is 153 Å². The Morgan fingerprint density at radius 3 is 2.70 bits per heavy atom. The molecule has 0 bridgehead atoms. The largest absolute Gasteiger partial charge is 0.457 e. The van der Waals surface area contributed by atoms with Crippen LogP contribution in [-0.2, 0) is 16.1 Å². The van der Waals surface area contributed by atoms with E-state index in [0.29, 0.717) is 16.5 Å². The SMILES string of the molecule is CC(OC(=O)CCn1nnc2ccccc2c1=O)c1ccccc1[N+](=O)[O-]. The van der Waals surface area contributed by atoms with E-state index in [2.05, 4.69) is 10.3 Å². The third-order valence-corrected chi connectivity index (χ3v) is 4.04. The average Bonchev–Trinajstić information content (AvgIpc) is 2.67. The van der Waals surface area contributed by atoms with Gasteiger partial charge in [0.25, 0.3) is 11.2 Å². The van der Waals surface area contributed by atoms with Crippen molar-refractivity contribution in [3.8, 4) is 0 Å². The molecule has 0 aliphatic carbocycles. The average molecular weight is 368 g/mol. The molecule has 0 radical (unpaired) electrons. The lowest BCUT2D eigenvalue weighted by Gasteiger charge is -2.14. The molecule has 1 heterocycles. The molecule has 2 aromatic carbocycles. The minimum atomic E-state index is -0.793. The molecule has 3 aromatic rings. The van der Waals surface area contributed by atoms with Gasteiger partial charge in [0.2, 0.25) is 0 Å². The van der Waals surface area contributed by atoms with Crippen LogP contribution in [0.2, 0.25) is 0 Å². The highest BCUT2D eigenvalue weighted by Gasteiger charge is 2.21. The number of hydrogen-bond acceptors (Lipinski definition) is 7. The van der Waals surface area contributed by atoms with Gasteiger partial charge in [-0.1, -0.05) is 29.5 Å². The van der Waals surface area contributed by atoms with Crippen molar-refractivity contribution < 1.29 is 14.5 Å². The number of fused-ring (bicyclic) bond motifs is 1. The van der Waals surface area contributed by atoms with Gasteiger partial charge < -0.3 is 4.74 Å². The Bertz CT molecular complexity index is 1060. The third kappa shape index (κ3) is 3.97. The summed E-state index contributed by atoms with van der Waals surface area (Å²) in [5.74, 6) is -0.595. The molecule has 0 aliphatic rings. The second-order valence-corrected chi connectivity index (χ2v) is 5.83. The van der Waals surface area contributed by atoms with Crippen molar-refractivity contribution in [1.29, 1.82) is 0 Å². The van der Waals surface area contributed by atoms with Gasteiger partial charge in [-0.2, -0.15) is 0 Å². The van der Waals surface area contributed by atoms with Gasteiger partial charge in [-0.25, -0.2) is 4.68 Å². The van der Waals surface area contributed by atoms with Crippen molar-refractivity contribution in [3.63, 3.8) is 0 Å². The van der Waals surface area contributed by atoms with E-state index in [1.54, 1.807) is 43.3 Å². The second kappa shape index (κ2) is 7.73. The van der Waals surface area contributed by atoms with E-state index in [1.807, 2.05) is 0 Å². The third-order valence-electron chi connectivity index (χ3n) is 4.04. The Morgan fingerprint density at radius 2 is 1.93 bits per heavy atom. The fraction of sp³-hybridized carbons (Fsp3) is 0.222. The van der Waals surface area contributed by atoms with Crippen molar-refractivity contribution in [2.45, 2.75) is 26.0 Å². The number of carbonyl (C=O) groups excluding carboxylic acids is 1. The zero-order chi connectivity index (χ0) is 19.4. The van der Waals surface area contributed by atoms with Crippen LogP contribution in [0.15, 0.2) is 53.3 Å². The number of ether oxygens (including phenoxy) is 1. The standard InChI is InChI=1S/C18H16N4O5/c1-12(13-6-3-5-9-16(13)22(25)26)27-17(23)10-11-21-18(24)14-7-2-4-8-15(14)19-20-21/h2-9,12H,10-11H2,1H3. The molecule has 1 aromatic heterocycles. The summed E-state index contributed by atoms with van der Waals surface area (Å²) in [7, 11) is 0. The number of nitro benzene ring substituents is 1. The molecule has 3 rings (SSSR count). The summed E-state index contributed by atoms with van der Waals surface area (Å²) >= 11 is 0. The maximum Gasteiger partial charge on any atom is 0.308 e. The molecule has 1 unspecified atom stereocenters. The number of nitrogens with zero attached hydrogens (tertiary/aromatic N) is 4. The summed E-state index contributed by atoms with van der Waals surface area (Å²) in [6, 6.07) is 12.9. The van der Waals surface area contributed by atoms with Gasteiger partial charge in [-0.3, -0.25) is 19.7 Å². The highest BCUT2D eigenvalue weighted by molar-refractivity contribution is 5.76. The number of hydrogen-bond donors (Lipinski definition) is 0. The summed E-state index contributed by atoms with van der Waals surface area (Å²) in [6.45, 7) is 1.56. The molecule has 0 saturated carbocycles. The first-order chi connectivity index (χ1) is 13.0. The van der Waals surface area contributed by atoms with Gasteiger partial charge in [-0.05, 0) is 25.1 Å². The lowest BCUT2D eigenvalue weighted by atomic mass is 10.1. The van der Waals surface area contributed by atoms with E-state index in [0.717, 1.165) is 4.68 Å². The Morgan fingerprint density at radius 1 is 1.22 bits per heavy atom. The van der Waals surface area contributed by atoms with E-state index < -0.39 is 17.0 Å². The van der Waals surface area contributed by atoms with E-state index in [9.17, 15) is 19.7 Å². The zero-order valence-corrected chi connectivity index (χ0v) is 14.4. The summed E-state index contributed by atoms with van der Waals surface area (Å²) in [5, 5.41) is 19.2. The fourth-order valence-electron chi connectivity index (χ4n) is 2.68. The van der Waals surface area contributed by atoms with E-state index in [4.69, 9.17) is 4.74 Å². The molecule has 0 N–H and O–H groups in total. The quantitative estimate of drug-likeness (QED) is 0.372. The van der Waals surface area contributed by atoms with Crippen LogP contribution in [0.1, 0.15) is 25.0 Å². The molecule has 0 spiro atoms. The maximum atomic E-state index is 12.3. The molecule has 9 nitrogen and oxygen atoms in total. The Kier molecular flexibility index (Phi) is 5.20. The van der Waals surface area contributed by atoms with Gasteiger partial charge >= 0.3 is 5.97 Å². The normalized spacial score (nSPS) is 11.9. The van der Waals surface area contributed by atoms with Crippen LogP contribution in [0.3, 0.4) is 0 Å². The number of rotatable bonds is 6. The minimum absolute atomic E-state index is 0.000889. The van der Waals surface area contributed by atoms with Gasteiger partial charge in [0.05, 0.1) is 28.8 Å². The summed E-state index contributed by atoms with van der Waals surface area (Å²) in [4.78, 5) is 35.0. The molecule has 0 amide bonds. The van der Waals surface area contributed by atoms with Crippen LogP contribution in [0, 0.1) is 10.1 Å². The number of aryl methyl sites for hydroxylation is 1. The second-order valence-electron chi connectivity index (χ2n) is 5.83. The number of para-hydroxylation sites is 1. The number of benzene rings is 2. The monoisotopic (exact) mass is 368 g/mol. The predicted molar refractivity (Wildman–Crippen MR) is 96.0 cm³/mol. The zero-order valence-electron chi connectivity index (χ0n) is 14.4. The topological polar surface area (TPSA) is 117 Å². The van der Waals surface area contributed by atoms with Crippen LogP contribution in [-0.4, -0.2) is 25.9 Å². The van der Waals surface area contributed by atoms with Crippen molar-refractivity contribution in [1.82, 2.24) is 15.0 Å². The van der Waals surface area contributed by atoms with Crippen LogP contribution in [0.25, 0.3) is 10.9 Å². The summed E-state index contributed by atoms with van der Waals surface area (Å²) in [6.07, 6.45) is -0.906. The summed E-state index contributed by atoms with van der Waals surface area (Å²) < 4.78 is 6.37. The molecular weight excluding hydrogens is 352 g/mol. The van der Waals surface area contributed by atoms with Gasteiger partial charge in [0.15, 0.2) is 0 Å². The van der Waals surface area contributed by atoms with Crippen molar-refractivity contribution >= 4 is 22.6 Å². The highest BCUT2D eigenvalue weighted by atomic mass is 16.6. The molecular formula is C18H16N4O5. The van der Waals surface area contributed by atoms with Crippen LogP contribution in [0.5, 0.6) is 0 Å². The molecule has 9 heteroatoms. The lowest BCUT2D eigenvalue weighted by molar-refractivity contribution is -0.386. The van der Waals surface area contributed by atoms with Gasteiger partial charge in [0.1, 0.15) is 11.6 Å². The number of nitro groups is 1. The van der Waals surface area contributed by atoms with Gasteiger partial charge in [-0.15, -0.1) is 5.10 Å². The number of aromatic nitrogens is 3. The minimum Gasteiger partial charge on any atom is -0.457 e. The van der Waals surface area contributed by atoms with E-state index in [1.165, 1.54) is 12.1 Å². The molecule has 0 fully saturated rings. The van der Waals surface area contributed by atoms with E-state index in [-0.39, 0.29) is 24.2 Å². The number of carbonyl (C=O) groups is 1. The van der Waals surface area contributed by atoms with Gasteiger partial charge in [0, 0.05) is 6.07 Å². The lowest BCUT2D eigenvalue weighted by Crippen LogP contribution is -2.26. The molecule has 27 heavy (non-hydrogen) atoms. The first-order valence-electron chi connectivity index (χ1n) is 8.22. The predicted octanol–water partition coefficient (Wildman–Crippen LogP) is 2.39. The molecule has 0 aliphatic heterocycles. The maximum absolute atomic E-state index is 12.3. The van der Waals surface area contributed by atoms with Crippen LogP contribution in [0.4, 0.5) is 5.69 Å². The first-order valence-corrected chi connectivity index (χ1v) is 8.22. The van der Waals surface area contributed by atoms with Crippen LogP contribution >= 0.6 is 0 Å². The van der Waals surface area contributed by atoms with E-state index >= 15 is 0 Å². The summed E-state index contributed by atoms with van der Waals surface area (Å²) in [5.41, 5.74) is 0.319. The number of esters is 1. The molecule has 0 saturated heterocycles. The molecule has 138 valence electrons. The Balaban J connectivity index is 1.68. The smallest absolute Gasteiger partial charge is 0.308 e.